The van der Waals surface area contributed by atoms with Gasteiger partial charge in [0.15, 0.2) is 0 Å². The fraction of sp³-hybridized carbons (Fsp3) is 0.600. The summed E-state index contributed by atoms with van der Waals surface area (Å²) in [5.41, 5.74) is 4.27. The van der Waals surface area contributed by atoms with E-state index in [-0.39, 0.29) is 5.54 Å². The zero-order valence-electron chi connectivity index (χ0n) is 11.5. The fourth-order valence-corrected chi connectivity index (χ4v) is 2.74. The van der Waals surface area contributed by atoms with Crippen molar-refractivity contribution in [3.8, 4) is 0 Å². The molecule has 1 heterocycles. The fourth-order valence-electron chi connectivity index (χ4n) is 2.74. The van der Waals surface area contributed by atoms with Gasteiger partial charge in [-0.25, -0.2) is 0 Å². The molecule has 2 nitrogen and oxygen atoms in total. The van der Waals surface area contributed by atoms with Crippen LogP contribution in [-0.2, 0) is 0 Å². The Balaban J connectivity index is 2.35. The number of nitrogens with one attached hydrogen (secondary N) is 1. The first-order valence-electron chi connectivity index (χ1n) is 6.56. The largest absolute Gasteiger partial charge is 0.365 e. The second-order valence-corrected chi connectivity index (χ2v) is 5.84. The summed E-state index contributed by atoms with van der Waals surface area (Å²) in [6.45, 7) is 12.3. The lowest BCUT2D eigenvalue weighted by Gasteiger charge is -2.39. The Bertz CT molecular complexity index is 376. The van der Waals surface area contributed by atoms with Crippen molar-refractivity contribution in [1.82, 2.24) is 5.32 Å². The first-order valence-corrected chi connectivity index (χ1v) is 6.56. The third kappa shape index (κ3) is 2.81. The number of anilines is 1. The van der Waals surface area contributed by atoms with Gasteiger partial charge in [-0.05, 0) is 63.9 Å². The number of rotatable bonds is 1. The Labute approximate surface area is 105 Å². The van der Waals surface area contributed by atoms with E-state index in [1.54, 1.807) is 0 Å². The predicted molar refractivity (Wildman–Crippen MR) is 74.8 cm³/mol. The Hall–Kier alpha value is -1.02. The number of hydrogen-bond donors (Lipinski definition) is 1. The second kappa shape index (κ2) is 4.69. The van der Waals surface area contributed by atoms with E-state index < -0.39 is 0 Å². The van der Waals surface area contributed by atoms with E-state index in [9.17, 15) is 0 Å². The summed E-state index contributed by atoms with van der Waals surface area (Å²) in [6, 6.07) is 6.85. The molecular weight excluding hydrogens is 208 g/mol. The van der Waals surface area contributed by atoms with Gasteiger partial charge in [0.2, 0.25) is 0 Å². The predicted octanol–water partition coefficient (Wildman–Crippen LogP) is 2.88. The van der Waals surface area contributed by atoms with Crippen LogP contribution in [0.2, 0.25) is 0 Å². The highest BCUT2D eigenvalue weighted by atomic mass is 15.2. The maximum atomic E-state index is 3.52. The molecule has 0 unspecified atom stereocenters. The van der Waals surface area contributed by atoms with E-state index in [4.69, 9.17) is 0 Å². The maximum absolute atomic E-state index is 3.52. The standard InChI is InChI=1S/C15H24N2/c1-12-8-13(2)10-14(9-12)17-7-5-6-16-11-15(17,3)4/h8-10,16H,5-7,11H2,1-4H3. The van der Waals surface area contributed by atoms with Gasteiger partial charge in [-0.3, -0.25) is 0 Å². The molecule has 0 aliphatic carbocycles. The molecule has 1 aromatic rings. The van der Waals surface area contributed by atoms with Crippen LogP contribution in [0, 0.1) is 13.8 Å². The summed E-state index contributed by atoms with van der Waals surface area (Å²) >= 11 is 0. The quantitative estimate of drug-likeness (QED) is 0.801. The SMILES string of the molecule is Cc1cc(C)cc(N2CCCNCC2(C)C)c1. The molecule has 0 bridgehead atoms. The molecule has 94 valence electrons. The highest BCUT2D eigenvalue weighted by molar-refractivity contribution is 5.53. The van der Waals surface area contributed by atoms with Gasteiger partial charge in [0.1, 0.15) is 0 Å². The van der Waals surface area contributed by atoms with Gasteiger partial charge >= 0.3 is 0 Å². The first-order chi connectivity index (χ1) is 7.99. The lowest BCUT2D eigenvalue weighted by Crippen LogP contribution is -2.48. The van der Waals surface area contributed by atoms with Crippen molar-refractivity contribution >= 4 is 5.69 Å². The molecule has 1 fully saturated rings. The molecule has 0 saturated carbocycles. The summed E-state index contributed by atoms with van der Waals surface area (Å²) in [5, 5.41) is 3.52. The van der Waals surface area contributed by atoms with Gasteiger partial charge in [-0.2, -0.15) is 0 Å². The van der Waals surface area contributed by atoms with Gasteiger partial charge in [-0.15, -0.1) is 0 Å². The van der Waals surface area contributed by atoms with Crippen LogP contribution >= 0.6 is 0 Å². The van der Waals surface area contributed by atoms with E-state index in [0.29, 0.717) is 0 Å². The smallest absolute Gasteiger partial charge is 0.0470 e. The molecule has 17 heavy (non-hydrogen) atoms. The van der Waals surface area contributed by atoms with Crippen LogP contribution in [0.25, 0.3) is 0 Å². The molecule has 1 N–H and O–H groups in total. The Kier molecular flexibility index (Phi) is 3.43. The van der Waals surface area contributed by atoms with Gasteiger partial charge in [0.25, 0.3) is 0 Å². The third-order valence-electron chi connectivity index (χ3n) is 3.54. The zero-order chi connectivity index (χ0) is 12.5. The van der Waals surface area contributed by atoms with Gasteiger partial charge in [-0.1, -0.05) is 6.07 Å². The molecule has 0 atom stereocenters. The number of hydrogen-bond acceptors (Lipinski definition) is 2. The monoisotopic (exact) mass is 232 g/mol. The molecule has 0 aromatic heterocycles. The zero-order valence-corrected chi connectivity index (χ0v) is 11.5. The van der Waals surface area contributed by atoms with Crippen molar-refractivity contribution in [2.75, 3.05) is 24.5 Å². The summed E-state index contributed by atoms with van der Waals surface area (Å²) in [7, 11) is 0. The highest BCUT2D eigenvalue weighted by Crippen LogP contribution is 2.27. The lowest BCUT2D eigenvalue weighted by atomic mass is 10.0. The lowest BCUT2D eigenvalue weighted by molar-refractivity contribution is 0.462. The molecule has 2 heteroatoms. The van der Waals surface area contributed by atoms with Crippen LogP contribution < -0.4 is 10.2 Å². The molecule has 1 aliphatic heterocycles. The van der Waals surface area contributed by atoms with Crippen molar-refractivity contribution < 1.29 is 0 Å². The van der Waals surface area contributed by atoms with Gasteiger partial charge in [0, 0.05) is 24.3 Å². The summed E-state index contributed by atoms with van der Waals surface area (Å²) in [5.74, 6) is 0. The van der Waals surface area contributed by atoms with Crippen LogP contribution in [0.5, 0.6) is 0 Å². The highest BCUT2D eigenvalue weighted by Gasteiger charge is 2.28. The molecule has 0 radical (unpaired) electrons. The molecule has 1 aliphatic rings. The van der Waals surface area contributed by atoms with Crippen molar-refractivity contribution in [2.45, 2.75) is 39.7 Å². The minimum atomic E-state index is 0.191. The average Bonchev–Trinajstić information content (AvgIpc) is 2.37. The minimum Gasteiger partial charge on any atom is -0.365 e. The van der Waals surface area contributed by atoms with E-state index in [2.05, 4.69) is 56.1 Å². The summed E-state index contributed by atoms with van der Waals surface area (Å²) in [6.07, 6.45) is 1.22. The van der Waals surface area contributed by atoms with Crippen LogP contribution in [-0.4, -0.2) is 25.2 Å². The van der Waals surface area contributed by atoms with Crippen LogP contribution in [0.4, 0.5) is 5.69 Å². The molecule has 0 amide bonds. The van der Waals surface area contributed by atoms with Crippen molar-refractivity contribution in [2.24, 2.45) is 0 Å². The minimum absolute atomic E-state index is 0.191. The Morgan fingerprint density at radius 1 is 1.12 bits per heavy atom. The molecule has 2 rings (SSSR count). The summed E-state index contributed by atoms with van der Waals surface area (Å²) < 4.78 is 0. The number of nitrogens with zero attached hydrogens (tertiary/aromatic N) is 1. The Morgan fingerprint density at radius 3 is 2.41 bits per heavy atom. The normalized spacial score (nSPS) is 20.1. The van der Waals surface area contributed by atoms with Crippen molar-refractivity contribution in [3.05, 3.63) is 29.3 Å². The van der Waals surface area contributed by atoms with E-state index in [1.807, 2.05) is 0 Å². The van der Waals surface area contributed by atoms with E-state index >= 15 is 0 Å². The van der Waals surface area contributed by atoms with Crippen molar-refractivity contribution in [3.63, 3.8) is 0 Å². The van der Waals surface area contributed by atoms with E-state index in [0.717, 1.165) is 19.6 Å². The number of aryl methyl sites for hydroxylation is 2. The van der Waals surface area contributed by atoms with Crippen LogP contribution in [0.15, 0.2) is 18.2 Å². The first kappa shape index (κ1) is 12.4. The Morgan fingerprint density at radius 2 is 1.76 bits per heavy atom. The van der Waals surface area contributed by atoms with Gasteiger partial charge in [0.05, 0.1) is 0 Å². The van der Waals surface area contributed by atoms with Gasteiger partial charge < -0.3 is 10.2 Å². The average molecular weight is 232 g/mol. The topological polar surface area (TPSA) is 15.3 Å². The molecule has 0 spiro atoms. The van der Waals surface area contributed by atoms with Crippen molar-refractivity contribution in [1.29, 1.82) is 0 Å². The molecule has 1 aromatic carbocycles. The molecule has 1 saturated heterocycles. The molecular formula is C15H24N2. The number of benzene rings is 1. The van der Waals surface area contributed by atoms with Crippen LogP contribution in [0.1, 0.15) is 31.4 Å². The second-order valence-electron chi connectivity index (χ2n) is 5.84. The van der Waals surface area contributed by atoms with Crippen LogP contribution in [0.3, 0.4) is 0 Å². The summed E-state index contributed by atoms with van der Waals surface area (Å²) in [4.78, 5) is 2.55. The maximum Gasteiger partial charge on any atom is 0.0470 e. The third-order valence-corrected chi connectivity index (χ3v) is 3.54. The van der Waals surface area contributed by atoms with E-state index in [1.165, 1.54) is 23.2 Å².